The summed E-state index contributed by atoms with van der Waals surface area (Å²) in [5.41, 5.74) is 16.6. The summed E-state index contributed by atoms with van der Waals surface area (Å²) < 4.78 is 49.9. The van der Waals surface area contributed by atoms with Crippen molar-refractivity contribution < 1.29 is 37.9 Å². The van der Waals surface area contributed by atoms with Gasteiger partial charge in [0.15, 0.2) is 0 Å². The van der Waals surface area contributed by atoms with E-state index in [-0.39, 0.29) is 0 Å². The molecule has 0 radical (unpaired) electrons. The van der Waals surface area contributed by atoms with Crippen LogP contribution in [0.4, 0.5) is 68.2 Å². The summed E-state index contributed by atoms with van der Waals surface area (Å²) in [5, 5.41) is 9.74. The summed E-state index contributed by atoms with van der Waals surface area (Å²) >= 11 is 7.46. The predicted octanol–water partition coefficient (Wildman–Crippen LogP) is 29.5. The van der Waals surface area contributed by atoms with Crippen molar-refractivity contribution in [2.45, 2.75) is 0 Å². The lowest BCUT2D eigenvalue weighted by atomic mass is 9.97. The Bertz CT molecular complexity index is 5820. The molecule has 0 spiro atoms. The first-order valence-corrected chi connectivity index (χ1v) is 41.8. The van der Waals surface area contributed by atoms with Crippen LogP contribution in [0, 0.1) is 0 Å². The largest absolute Gasteiger partial charge is 0.497 e. The van der Waals surface area contributed by atoms with Gasteiger partial charge in [-0.3, -0.25) is 0 Å². The summed E-state index contributed by atoms with van der Waals surface area (Å²) in [7, 11) is 13.6. The van der Waals surface area contributed by atoms with Crippen LogP contribution in [0.2, 0.25) is 0 Å². The smallest absolute Gasteiger partial charge is 0.119 e. The van der Waals surface area contributed by atoms with Gasteiger partial charge in [0.05, 0.1) is 56.9 Å². The molecule has 4 heterocycles. The van der Waals surface area contributed by atoms with Crippen molar-refractivity contribution in [1.82, 2.24) is 0 Å². The van der Waals surface area contributed by atoms with Crippen molar-refractivity contribution in [2.24, 2.45) is 0 Å². The highest BCUT2D eigenvalue weighted by Gasteiger charge is 2.26. The molecule has 0 saturated carbocycles. The molecule has 19 aromatic rings. The lowest BCUT2D eigenvalue weighted by Crippen LogP contribution is -2.09. The van der Waals surface area contributed by atoms with Crippen molar-refractivity contribution in [1.29, 1.82) is 0 Å². The van der Waals surface area contributed by atoms with Crippen molar-refractivity contribution in [3.8, 4) is 87.8 Å². The molecule has 0 N–H and O–H groups in total. The molecule has 19 rings (SSSR count). The van der Waals surface area contributed by atoms with Gasteiger partial charge < -0.3 is 57.5 Å². The normalized spacial score (nSPS) is 11.4. The molecule has 578 valence electrons. The second kappa shape index (κ2) is 31.8. The third-order valence-electron chi connectivity index (χ3n) is 21.9. The van der Waals surface area contributed by atoms with Gasteiger partial charge >= 0.3 is 0 Å². The number of fused-ring (bicyclic) bond motifs is 12. The summed E-state index contributed by atoms with van der Waals surface area (Å²) in [6.07, 6.45) is 0. The molecule has 0 aliphatic carbocycles. The number of hydrogen-bond donors (Lipinski definition) is 0. The lowest BCUT2D eigenvalue weighted by Gasteiger charge is -2.26. The fraction of sp³-hybridized carbons (Fsp3) is 0.0784. The Morgan fingerprint density at radius 2 is 0.271 bits per heavy atom. The van der Waals surface area contributed by atoms with Crippen LogP contribution in [0.15, 0.2) is 328 Å². The van der Waals surface area contributed by atoms with E-state index in [2.05, 4.69) is 250 Å². The molecule has 0 unspecified atom stereocenters. The lowest BCUT2D eigenvalue weighted by molar-refractivity contribution is 0.414. The van der Waals surface area contributed by atoms with Gasteiger partial charge in [-0.2, -0.15) is 0 Å². The van der Waals surface area contributed by atoms with Gasteiger partial charge in [-0.1, -0.05) is 48.5 Å². The maximum Gasteiger partial charge on any atom is 0.119 e. The third-order valence-corrected chi connectivity index (χ3v) is 26.8. The average Bonchev–Trinajstić information content (AvgIpc) is 1.54. The van der Waals surface area contributed by atoms with E-state index in [0.29, 0.717) is 0 Å². The number of rotatable bonds is 24. The van der Waals surface area contributed by atoms with Crippen LogP contribution in [0.3, 0.4) is 0 Å². The van der Waals surface area contributed by atoms with Gasteiger partial charge in [0.2, 0.25) is 0 Å². The standard InChI is InChI=1S/C102H78N4O8S4/c1-107-79-41-25-71(26-42-79)103(72-27-43-80(108-2)44-28-72)67-17-9-63(10-18-67)95-59-91-92-60-96(64-11-19-68(20-12-64)104(73-29-45-81(109-3)46-30-73)74-31-47-82(110-4)48-32-74)116-100(92)88-58-90-89(57-87(88)99(91)115-95)101-93(61-97(117-101)65-13-21-69(22-14-65)105(75-33-49-83(111-5)50-34-75)76-35-51-84(112-6)52-36-76)94-62-98(118-102(90)94)66-15-23-70(24-16-66)106(77-37-53-85(113-7)54-38-77)78-39-55-86(114-8)56-40-78/h9-62H,1-8H3. The SMILES string of the molecule is COc1ccc(N(c2ccc(OC)cc2)c2ccc(-c3cc4c5cc(-c6ccc(N(c7ccc(OC)cc7)c7ccc(OC)cc7)cc6)sc5c5cc6c(cc5c4s3)c3sc(-c4ccc(N(c5ccc(OC)cc5)c5ccc(OC)cc5)cc4)cc3c3cc(-c4ccc(N(c5ccc(OC)cc5)c5ccc(OC)cc5)cc4)sc36)cc2)cc1. The molecule has 0 saturated heterocycles. The summed E-state index contributed by atoms with van der Waals surface area (Å²) in [4.78, 5) is 13.8. The van der Waals surface area contributed by atoms with Crippen LogP contribution < -0.4 is 57.5 Å². The van der Waals surface area contributed by atoms with Crippen LogP contribution >= 0.6 is 45.3 Å². The van der Waals surface area contributed by atoms with E-state index in [0.717, 1.165) is 136 Å². The fourth-order valence-corrected chi connectivity index (χ4v) is 20.7. The predicted molar refractivity (Wildman–Crippen MR) is 496 cm³/mol. The van der Waals surface area contributed by atoms with Gasteiger partial charge in [-0.15, -0.1) is 45.3 Å². The molecule has 118 heavy (non-hydrogen) atoms. The van der Waals surface area contributed by atoms with E-state index in [1.807, 2.05) is 142 Å². The molecule has 15 aromatic carbocycles. The molecule has 0 bridgehead atoms. The van der Waals surface area contributed by atoms with E-state index in [1.54, 1.807) is 56.9 Å². The molecule has 0 atom stereocenters. The number of ether oxygens (including phenoxy) is 8. The van der Waals surface area contributed by atoms with Gasteiger partial charge in [-0.25, -0.2) is 0 Å². The number of anilines is 12. The van der Waals surface area contributed by atoms with E-state index < -0.39 is 0 Å². The van der Waals surface area contributed by atoms with Crippen LogP contribution in [0.1, 0.15) is 0 Å². The first kappa shape index (κ1) is 74.4. The zero-order valence-corrected chi connectivity index (χ0v) is 69.1. The van der Waals surface area contributed by atoms with E-state index >= 15 is 0 Å². The second-order valence-electron chi connectivity index (χ2n) is 28.5. The maximum absolute atomic E-state index is 5.63. The van der Waals surface area contributed by atoms with E-state index in [9.17, 15) is 0 Å². The van der Waals surface area contributed by atoms with Crippen LogP contribution in [0.25, 0.3) is 104 Å². The van der Waals surface area contributed by atoms with E-state index in [1.165, 1.54) is 81.4 Å². The zero-order valence-electron chi connectivity index (χ0n) is 65.9. The number of hydrogen-bond acceptors (Lipinski definition) is 16. The first-order valence-electron chi connectivity index (χ1n) is 38.5. The molecular formula is C102H78N4O8S4. The molecule has 0 amide bonds. The highest BCUT2D eigenvalue weighted by molar-refractivity contribution is 7.27. The molecule has 0 aliphatic rings. The Morgan fingerprint density at radius 1 is 0.153 bits per heavy atom. The van der Waals surface area contributed by atoms with Crippen molar-refractivity contribution in [3.63, 3.8) is 0 Å². The van der Waals surface area contributed by atoms with Crippen LogP contribution in [0.5, 0.6) is 46.0 Å². The number of benzene rings is 15. The van der Waals surface area contributed by atoms with Gasteiger partial charge in [-0.05, 0) is 301 Å². The van der Waals surface area contributed by atoms with Crippen molar-refractivity contribution >= 4 is 175 Å². The Kier molecular flexibility index (Phi) is 20.0. The minimum atomic E-state index is 0.792. The zero-order chi connectivity index (χ0) is 80.1. The monoisotopic (exact) mass is 1610 g/mol. The summed E-state index contributed by atoms with van der Waals surface area (Å²) in [6, 6.07) is 117. The van der Waals surface area contributed by atoms with Gasteiger partial charge in [0.1, 0.15) is 46.0 Å². The summed E-state index contributed by atoms with van der Waals surface area (Å²) in [6.45, 7) is 0. The van der Waals surface area contributed by atoms with Crippen LogP contribution in [-0.2, 0) is 0 Å². The fourth-order valence-electron chi connectivity index (χ4n) is 15.8. The quantitative estimate of drug-likeness (QED) is 0.0540. The molecule has 0 fully saturated rings. The Morgan fingerprint density at radius 3 is 0.398 bits per heavy atom. The highest BCUT2D eigenvalue weighted by Crippen LogP contribution is 2.54. The number of methoxy groups -OCH3 is 8. The summed E-state index contributed by atoms with van der Waals surface area (Å²) in [5.74, 6) is 6.34. The Hall–Kier alpha value is -13.7. The molecule has 4 aromatic heterocycles. The topological polar surface area (TPSA) is 86.8 Å². The molecule has 16 heteroatoms. The molecular weight excluding hydrogens is 1540 g/mol. The molecule has 0 aliphatic heterocycles. The van der Waals surface area contributed by atoms with Crippen molar-refractivity contribution in [3.05, 3.63) is 328 Å². The number of nitrogens with zero attached hydrogens (tertiary/aromatic N) is 4. The second-order valence-corrected chi connectivity index (χ2v) is 32.7. The Balaban J connectivity index is 0.794. The highest BCUT2D eigenvalue weighted by atomic mass is 32.1. The van der Waals surface area contributed by atoms with Gasteiger partial charge in [0.25, 0.3) is 0 Å². The minimum absolute atomic E-state index is 0.792. The maximum atomic E-state index is 5.63. The third kappa shape index (κ3) is 13.9. The van der Waals surface area contributed by atoms with E-state index in [4.69, 9.17) is 37.9 Å². The first-order chi connectivity index (χ1) is 58.0. The molecule has 12 nitrogen and oxygen atoms in total. The van der Waals surface area contributed by atoms with Crippen molar-refractivity contribution in [2.75, 3.05) is 76.5 Å². The number of thiophene rings is 4. The Labute approximate surface area is 700 Å². The van der Waals surface area contributed by atoms with Crippen LogP contribution in [-0.4, -0.2) is 56.9 Å². The van der Waals surface area contributed by atoms with Gasteiger partial charge in [0, 0.05) is 150 Å². The average molecular weight is 1620 g/mol. The minimum Gasteiger partial charge on any atom is -0.497 e.